The van der Waals surface area contributed by atoms with Crippen LogP contribution in [0.2, 0.25) is 0 Å². The van der Waals surface area contributed by atoms with Gasteiger partial charge in [0.2, 0.25) is 5.91 Å². The van der Waals surface area contributed by atoms with Gasteiger partial charge in [-0.1, -0.05) is 31.4 Å². The third-order valence-corrected chi connectivity index (χ3v) is 5.84. The summed E-state index contributed by atoms with van der Waals surface area (Å²) in [6.07, 6.45) is 8.60. The Morgan fingerprint density at radius 2 is 1.76 bits per heavy atom. The van der Waals surface area contributed by atoms with E-state index in [1.54, 1.807) is 7.11 Å². The van der Waals surface area contributed by atoms with Crippen LogP contribution in [0.3, 0.4) is 0 Å². The summed E-state index contributed by atoms with van der Waals surface area (Å²) in [5.74, 6) is 1.74. The Balaban J connectivity index is 1.63. The Kier molecular flexibility index (Phi) is 6.00. The van der Waals surface area contributed by atoms with Crippen LogP contribution in [0.25, 0.3) is 0 Å². The van der Waals surface area contributed by atoms with Crippen LogP contribution in [0.4, 0.5) is 0 Å². The Hall–Kier alpha value is -1.55. The molecule has 1 aromatic carbocycles. The van der Waals surface area contributed by atoms with Gasteiger partial charge in [0, 0.05) is 19.1 Å². The molecule has 1 N–H and O–H groups in total. The molecule has 3 rings (SSSR count). The number of benzene rings is 1. The summed E-state index contributed by atoms with van der Waals surface area (Å²) in [6, 6.07) is 8.78. The average Bonchev–Trinajstić information content (AvgIpc) is 3.50. The van der Waals surface area contributed by atoms with E-state index in [-0.39, 0.29) is 18.0 Å². The maximum atomic E-state index is 12.9. The molecule has 2 saturated carbocycles. The number of carbonyl (C=O) groups excluding carboxylic acids is 1. The quantitative estimate of drug-likeness (QED) is 0.815. The van der Waals surface area contributed by atoms with Gasteiger partial charge in [0.1, 0.15) is 5.75 Å². The molecule has 4 nitrogen and oxygen atoms in total. The van der Waals surface area contributed by atoms with Crippen molar-refractivity contribution >= 4 is 5.91 Å². The number of amides is 1. The predicted octanol–water partition coefficient (Wildman–Crippen LogP) is 3.92. The molecule has 2 unspecified atom stereocenters. The summed E-state index contributed by atoms with van der Waals surface area (Å²) in [5, 5.41) is 3.62. The standard InChI is InChI=1S/C21H32N2O2/c1-15(21(24)23(2)18-7-5-4-6-8-18)22-20(16-9-10-16)17-11-13-19(25-3)14-12-17/h11-16,18,20,22H,4-10H2,1-3H3. The number of ether oxygens (including phenoxy) is 1. The first-order valence-corrected chi connectivity index (χ1v) is 9.77. The summed E-state index contributed by atoms with van der Waals surface area (Å²) >= 11 is 0. The SMILES string of the molecule is COc1ccc(C(NC(C)C(=O)N(C)C2CCCCC2)C2CC2)cc1. The van der Waals surface area contributed by atoms with Crippen molar-refractivity contribution in [3.05, 3.63) is 29.8 Å². The molecule has 0 spiro atoms. The normalized spacial score (nSPS) is 20.8. The topological polar surface area (TPSA) is 41.6 Å². The van der Waals surface area contributed by atoms with Gasteiger partial charge in [-0.05, 0) is 56.2 Å². The summed E-state index contributed by atoms with van der Waals surface area (Å²) in [7, 11) is 3.67. The van der Waals surface area contributed by atoms with Crippen LogP contribution < -0.4 is 10.1 Å². The van der Waals surface area contributed by atoms with Crippen LogP contribution in [0.1, 0.15) is 63.5 Å². The van der Waals surface area contributed by atoms with Gasteiger partial charge in [-0.3, -0.25) is 10.1 Å². The number of methoxy groups -OCH3 is 1. The van der Waals surface area contributed by atoms with Gasteiger partial charge in [-0.25, -0.2) is 0 Å². The predicted molar refractivity (Wildman–Crippen MR) is 101 cm³/mol. The lowest BCUT2D eigenvalue weighted by Gasteiger charge is -2.34. The highest BCUT2D eigenvalue weighted by atomic mass is 16.5. The van der Waals surface area contributed by atoms with Crippen LogP contribution >= 0.6 is 0 Å². The summed E-state index contributed by atoms with van der Waals surface area (Å²) in [5.41, 5.74) is 1.25. The molecule has 1 amide bonds. The van der Waals surface area contributed by atoms with Crippen LogP contribution in [0.15, 0.2) is 24.3 Å². The molecule has 0 aliphatic heterocycles. The Morgan fingerprint density at radius 3 is 2.32 bits per heavy atom. The van der Waals surface area contributed by atoms with Crippen molar-refractivity contribution in [3.63, 3.8) is 0 Å². The lowest BCUT2D eigenvalue weighted by molar-refractivity contribution is -0.134. The fraction of sp³-hybridized carbons (Fsp3) is 0.667. The molecular formula is C21H32N2O2. The van der Waals surface area contributed by atoms with Crippen molar-refractivity contribution < 1.29 is 9.53 Å². The molecule has 2 aliphatic rings. The fourth-order valence-corrected chi connectivity index (χ4v) is 4.04. The van der Waals surface area contributed by atoms with Gasteiger partial charge in [0.05, 0.1) is 13.2 Å². The maximum Gasteiger partial charge on any atom is 0.239 e. The lowest BCUT2D eigenvalue weighted by atomic mass is 9.94. The second-order valence-corrected chi connectivity index (χ2v) is 7.72. The minimum atomic E-state index is -0.153. The van der Waals surface area contributed by atoms with E-state index in [2.05, 4.69) is 17.4 Å². The molecule has 138 valence electrons. The number of hydrogen-bond acceptors (Lipinski definition) is 3. The molecular weight excluding hydrogens is 312 g/mol. The Bertz CT molecular complexity index is 562. The first-order chi connectivity index (χ1) is 12.1. The molecule has 2 fully saturated rings. The zero-order valence-electron chi connectivity index (χ0n) is 15.8. The average molecular weight is 344 g/mol. The van der Waals surface area contributed by atoms with Gasteiger partial charge in [-0.15, -0.1) is 0 Å². The molecule has 2 atom stereocenters. The summed E-state index contributed by atoms with van der Waals surface area (Å²) < 4.78 is 5.26. The second-order valence-electron chi connectivity index (χ2n) is 7.72. The van der Waals surface area contributed by atoms with Gasteiger partial charge >= 0.3 is 0 Å². The monoisotopic (exact) mass is 344 g/mol. The van der Waals surface area contributed by atoms with Crippen molar-refractivity contribution in [2.24, 2.45) is 5.92 Å². The van der Waals surface area contributed by atoms with E-state index in [4.69, 9.17) is 4.74 Å². The van der Waals surface area contributed by atoms with Gasteiger partial charge < -0.3 is 9.64 Å². The number of nitrogens with one attached hydrogen (secondary N) is 1. The number of hydrogen-bond donors (Lipinski definition) is 1. The molecule has 0 bridgehead atoms. The highest BCUT2D eigenvalue weighted by Gasteiger charge is 2.35. The Morgan fingerprint density at radius 1 is 1.12 bits per heavy atom. The number of likely N-dealkylation sites (N-methyl/N-ethyl adjacent to an activating group) is 1. The van der Waals surface area contributed by atoms with Crippen molar-refractivity contribution in [2.45, 2.75) is 70.0 Å². The molecule has 1 aromatic rings. The number of rotatable bonds is 7. The van der Waals surface area contributed by atoms with Crippen LogP contribution in [-0.2, 0) is 4.79 Å². The van der Waals surface area contributed by atoms with Gasteiger partial charge in [-0.2, -0.15) is 0 Å². The molecule has 0 heterocycles. The smallest absolute Gasteiger partial charge is 0.239 e. The van der Waals surface area contributed by atoms with Crippen LogP contribution in [-0.4, -0.2) is 37.0 Å². The highest BCUT2D eigenvalue weighted by molar-refractivity contribution is 5.81. The molecule has 0 aromatic heterocycles. The largest absolute Gasteiger partial charge is 0.497 e. The molecule has 0 radical (unpaired) electrons. The van der Waals surface area contributed by atoms with E-state index in [9.17, 15) is 4.79 Å². The first-order valence-electron chi connectivity index (χ1n) is 9.77. The third kappa shape index (κ3) is 4.55. The second kappa shape index (κ2) is 8.22. The number of carbonyl (C=O) groups is 1. The molecule has 4 heteroatoms. The zero-order valence-corrected chi connectivity index (χ0v) is 15.8. The minimum absolute atomic E-state index is 0.153. The molecule has 2 aliphatic carbocycles. The Labute approximate surface area is 151 Å². The third-order valence-electron chi connectivity index (χ3n) is 5.84. The highest BCUT2D eigenvalue weighted by Crippen LogP contribution is 2.41. The summed E-state index contributed by atoms with van der Waals surface area (Å²) in [4.78, 5) is 14.9. The lowest BCUT2D eigenvalue weighted by Crippen LogP contribution is -2.48. The van der Waals surface area contributed by atoms with Crippen molar-refractivity contribution in [2.75, 3.05) is 14.2 Å². The van der Waals surface area contributed by atoms with E-state index < -0.39 is 0 Å². The fourth-order valence-electron chi connectivity index (χ4n) is 4.04. The van der Waals surface area contributed by atoms with Crippen LogP contribution in [0, 0.1) is 5.92 Å². The van der Waals surface area contributed by atoms with E-state index in [1.807, 2.05) is 31.0 Å². The van der Waals surface area contributed by atoms with Crippen molar-refractivity contribution in [1.29, 1.82) is 0 Å². The minimum Gasteiger partial charge on any atom is -0.497 e. The zero-order chi connectivity index (χ0) is 17.8. The van der Waals surface area contributed by atoms with E-state index in [0.29, 0.717) is 12.0 Å². The molecule has 0 saturated heterocycles. The summed E-state index contributed by atoms with van der Waals surface area (Å²) in [6.45, 7) is 2.01. The van der Waals surface area contributed by atoms with Crippen molar-refractivity contribution in [1.82, 2.24) is 10.2 Å². The maximum absolute atomic E-state index is 12.9. The molecule has 25 heavy (non-hydrogen) atoms. The number of nitrogens with zero attached hydrogens (tertiary/aromatic N) is 1. The van der Waals surface area contributed by atoms with Crippen LogP contribution in [0.5, 0.6) is 5.75 Å². The van der Waals surface area contributed by atoms with E-state index in [0.717, 1.165) is 18.6 Å². The van der Waals surface area contributed by atoms with E-state index in [1.165, 1.54) is 37.7 Å². The van der Waals surface area contributed by atoms with Crippen molar-refractivity contribution in [3.8, 4) is 5.75 Å². The van der Waals surface area contributed by atoms with Gasteiger partial charge in [0.25, 0.3) is 0 Å². The van der Waals surface area contributed by atoms with E-state index >= 15 is 0 Å². The van der Waals surface area contributed by atoms with Gasteiger partial charge in [0.15, 0.2) is 0 Å². The first kappa shape index (κ1) is 18.2.